The predicted molar refractivity (Wildman–Crippen MR) is 91.5 cm³/mol. The number of aromatic nitrogens is 1. The first kappa shape index (κ1) is 15.6. The first-order valence-electron chi connectivity index (χ1n) is 7.99. The Morgan fingerprint density at radius 1 is 1.22 bits per heavy atom. The molecule has 1 aliphatic carbocycles. The molecule has 122 valence electrons. The van der Waals surface area contributed by atoms with Crippen LogP contribution in [0.15, 0.2) is 36.7 Å². The highest BCUT2D eigenvalue weighted by atomic mass is 16.6. The van der Waals surface area contributed by atoms with Gasteiger partial charge in [0.05, 0.1) is 0 Å². The Bertz CT molecular complexity index is 697. The number of pyridine rings is 1. The van der Waals surface area contributed by atoms with Gasteiger partial charge in [-0.05, 0) is 45.7 Å². The Morgan fingerprint density at radius 2 is 2.00 bits per heavy atom. The summed E-state index contributed by atoms with van der Waals surface area (Å²) in [4.78, 5) is 15.9. The lowest BCUT2D eigenvalue weighted by Crippen LogP contribution is -2.50. The third-order valence-electron chi connectivity index (χ3n) is 3.90. The monoisotopic (exact) mass is 313 g/mol. The molecule has 3 rings (SSSR count). The number of amides is 1. The molecule has 1 aromatic heterocycles. The van der Waals surface area contributed by atoms with Crippen LogP contribution < -0.4 is 10.6 Å². The lowest BCUT2D eigenvalue weighted by atomic mass is 9.86. The summed E-state index contributed by atoms with van der Waals surface area (Å²) >= 11 is 0. The molecule has 1 aromatic carbocycles. The summed E-state index contributed by atoms with van der Waals surface area (Å²) in [6.45, 7) is 5.60. The van der Waals surface area contributed by atoms with Gasteiger partial charge in [-0.1, -0.05) is 12.1 Å². The van der Waals surface area contributed by atoms with Gasteiger partial charge in [0.25, 0.3) is 0 Å². The van der Waals surface area contributed by atoms with Crippen molar-refractivity contribution < 1.29 is 9.53 Å². The molecule has 2 aromatic rings. The zero-order chi connectivity index (χ0) is 16.4. The Labute approximate surface area is 136 Å². The summed E-state index contributed by atoms with van der Waals surface area (Å²) in [5, 5.41) is 8.77. The third kappa shape index (κ3) is 3.92. The van der Waals surface area contributed by atoms with Gasteiger partial charge in [-0.25, -0.2) is 4.79 Å². The minimum atomic E-state index is -0.456. The number of rotatable bonds is 3. The van der Waals surface area contributed by atoms with E-state index < -0.39 is 5.60 Å². The normalized spacial score (nSPS) is 20.7. The maximum atomic E-state index is 11.7. The van der Waals surface area contributed by atoms with E-state index in [4.69, 9.17) is 4.74 Å². The highest BCUT2D eigenvalue weighted by Gasteiger charge is 2.31. The molecule has 0 unspecified atom stereocenters. The number of fused-ring (bicyclic) bond motifs is 1. The molecule has 1 amide bonds. The van der Waals surface area contributed by atoms with Crippen molar-refractivity contribution in [1.82, 2.24) is 10.3 Å². The lowest BCUT2D eigenvalue weighted by Gasteiger charge is -2.37. The Hall–Kier alpha value is -2.30. The molecule has 2 N–H and O–H groups in total. The van der Waals surface area contributed by atoms with Crippen molar-refractivity contribution in [2.24, 2.45) is 0 Å². The average molecular weight is 313 g/mol. The minimum absolute atomic E-state index is 0.180. The fraction of sp³-hybridized carbons (Fsp3) is 0.444. The van der Waals surface area contributed by atoms with E-state index in [-0.39, 0.29) is 12.1 Å². The van der Waals surface area contributed by atoms with E-state index in [0.717, 1.165) is 23.9 Å². The number of carbonyl (C=O) groups excluding carboxylic acids is 1. The maximum absolute atomic E-state index is 11.7. The molecule has 1 fully saturated rings. The summed E-state index contributed by atoms with van der Waals surface area (Å²) < 4.78 is 5.28. The van der Waals surface area contributed by atoms with Gasteiger partial charge < -0.3 is 15.4 Å². The smallest absolute Gasteiger partial charge is 0.407 e. The van der Waals surface area contributed by atoms with Crippen LogP contribution in [0.25, 0.3) is 10.8 Å². The highest BCUT2D eigenvalue weighted by Crippen LogP contribution is 2.28. The second-order valence-corrected chi connectivity index (χ2v) is 7.06. The number of nitrogens with one attached hydrogen (secondary N) is 2. The number of alkyl carbamates (subject to hydrolysis) is 1. The van der Waals surface area contributed by atoms with Crippen LogP contribution in [0.2, 0.25) is 0 Å². The minimum Gasteiger partial charge on any atom is -0.444 e. The standard InChI is InChI=1S/C18H23N3O2/c1-18(2,3)23-17(22)21-14-9-13(10-14)20-16-6-4-5-12-11-19-8-7-15(12)16/h4-8,11,13-14,20H,9-10H2,1-3H3,(H,21,22). The number of carbonyl (C=O) groups is 1. The molecule has 0 atom stereocenters. The number of hydrogen-bond acceptors (Lipinski definition) is 4. The van der Waals surface area contributed by atoms with Gasteiger partial charge in [0.15, 0.2) is 0 Å². The number of hydrogen-bond donors (Lipinski definition) is 2. The summed E-state index contributed by atoms with van der Waals surface area (Å²) in [5.41, 5.74) is 0.660. The van der Waals surface area contributed by atoms with Crippen LogP contribution in [0, 0.1) is 0 Å². The second-order valence-electron chi connectivity index (χ2n) is 7.06. The molecular weight excluding hydrogens is 290 g/mol. The molecule has 0 radical (unpaired) electrons. The topological polar surface area (TPSA) is 63.2 Å². The average Bonchev–Trinajstić information content (AvgIpc) is 2.43. The fourth-order valence-electron chi connectivity index (χ4n) is 2.80. The van der Waals surface area contributed by atoms with Gasteiger partial charge in [0.1, 0.15) is 5.60 Å². The predicted octanol–water partition coefficient (Wildman–Crippen LogP) is 3.70. The zero-order valence-corrected chi connectivity index (χ0v) is 13.8. The van der Waals surface area contributed by atoms with Crippen LogP contribution in [-0.4, -0.2) is 28.8 Å². The van der Waals surface area contributed by atoms with Gasteiger partial charge in [0.2, 0.25) is 0 Å². The molecule has 1 heterocycles. The van der Waals surface area contributed by atoms with E-state index in [1.54, 1.807) is 6.20 Å². The quantitative estimate of drug-likeness (QED) is 0.907. The largest absolute Gasteiger partial charge is 0.444 e. The van der Waals surface area contributed by atoms with Crippen molar-refractivity contribution in [3.63, 3.8) is 0 Å². The van der Waals surface area contributed by atoms with Crippen molar-refractivity contribution in [2.75, 3.05) is 5.32 Å². The van der Waals surface area contributed by atoms with Gasteiger partial charge >= 0.3 is 6.09 Å². The number of nitrogens with zero attached hydrogens (tertiary/aromatic N) is 1. The Balaban J connectivity index is 1.53. The first-order chi connectivity index (χ1) is 10.9. The first-order valence-corrected chi connectivity index (χ1v) is 7.99. The van der Waals surface area contributed by atoms with Crippen LogP contribution in [-0.2, 0) is 4.74 Å². The van der Waals surface area contributed by atoms with E-state index in [9.17, 15) is 4.79 Å². The van der Waals surface area contributed by atoms with E-state index in [2.05, 4.69) is 27.8 Å². The van der Waals surface area contributed by atoms with Gasteiger partial charge in [-0.3, -0.25) is 4.98 Å². The third-order valence-corrected chi connectivity index (χ3v) is 3.90. The molecule has 0 bridgehead atoms. The number of benzene rings is 1. The molecule has 0 spiro atoms. The van der Waals surface area contributed by atoms with Crippen molar-refractivity contribution >= 4 is 22.6 Å². The van der Waals surface area contributed by atoms with Gasteiger partial charge in [-0.15, -0.1) is 0 Å². The molecule has 0 aliphatic heterocycles. The van der Waals surface area contributed by atoms with E-state index in [1.807, 2.05) is 39.1 Å². The molecule has 1 saturated carbocycles. The summed E-state index contributed by atoms with van der Waals surface area (Å²) in [7, 11) is 0. The van der Waals surface area contributed by atoms with Crippen LogP contribution in [0.4, 0.5) is 10.5 Å². The Morgan fingerprint density at radius 3 is 2.74 bits per heavy atom. The molecular formula is C18H23N3O2. The summed E-state index contributed by atoms with van der Waals surface area (Å²) in [6.07, 6.45) is 5.15. The van der Waals surface area contributed by atoms with Crippen molar-refractivity contribution in [1.29, 1.82) is 0 Å². The number of anilines is 1. The maximum Gasteiger partial charge on any atom is 0.407 e. The molecule has 5 heteroatoms. The van der Waals surface area contributed by atoms with Crippen LogP contribution in [0.3, 0.4) is 0 Å². The molecule has 0 saturated heterocycles. The van der Waals surface area contributed by atoms with E-state index >= 15 is 0 Å². The van der Waals surface area contributed by atoms with Gasteiger partial charge in [0, 0.05) is 40.9 Å². The molecule has 23 heavy (non-hydrogen) atoms. The van der Waals surface area contributed by atoms with Crippen LogP contribution in [0.1, 0.15) is 33.6 Å². The SMILES string of the molecule is CC(C)(C)OC(=O)NC1CC(Nc2cccc3cnccc23)C1. The molecule has 5 nitrogen and oxygen atoms in total. The van der Waals surface area contributed by atoms with Crippen molar-refractivity contribution in [3.8, 4) is 0 Å². The molecule has 1 aliphatic rings. The fourth-order valence-corrected chi connectivity index (χ4v) is 2.80. The Kier molecular flexibility index (Phi) is 4.11. The van der Waals surface area contributed by atoms with Crippen molar-refractivity contribution in [3.05, 3.63) is 36.7 Å². The second kappa shape index (κ2) is 6.07. The van der Waals surface area contributed by atoms with Crippen LogP contribution >= 0.6 is 0 Å². The lowest BCUT2D eigenvalue weighted by molar-refractivity contribution is 0.0475. The summed E-state index contributed by atoms with van der Waals surface area (Å²) in [5.74, 6) is 0. The number of ether oxygens (including phenoxy) is 1. The van der Waals surface area contributed by atoms with Gasteiger partial charge in [-0.2, -0.15) is 0 Å². The van der Waals surface area contributed by atoms with Crippen LogP contribution in [0.5, 0.6) is 0 Å². The highest BCUT2D eigenvalue weighted by molar-refractivity contribution is 5.93. The zero-order valence-electron chi connectivity index (χ0n) is 13.8. The van der Waals surface area contributed by atoms with E-state index in [1.165, 1.54) is 5.39 Å². The van der Waals surface area contributed by atoms with E-state index in [0.29, 0.717) is 6.04 Å². The summed E-state index contributed by atoms with van der Waals surface area (Å²) in [6, 6.07) is 8.74. The van der Waals surface area contributed by atoms with Crippen molar-refractivity contribution in [2.45, 2.75) is 51.3 Å².